The van der Waals surface area contributed by atoms with E-state index in [2.05, 4.69) is 14.5 Å². The molecule has 2 heterocycles. The van der Waals surface area contributed by atoms with Gasteiger partial charge in [-0.25, -0.2) is 14.6 Å². The lowest BCUT2D eigenvalue weighted by molar-refractivity contribution is 0.0993. The maximum absolute atomic E-state index is 11.0. The molecule has 0 atom stereocenters. The molecule has 0 saturated heterocycles. The molecule has 1 aliphatic rings. The molecular formula is C10H9NO5. The first-order valence-electron chi connectivity index (χ1n) is 4.67. The van der Waals surface area contributed by atoms with Crippen LogP contribution in [0.1, 0.15) is 25.3 Å². The minimum absolute atomic E-state index is 0.0692. The number of hydrogen-bond donors (Lipinski definition) is 0. The van der Waals surface area contributed by atoms with Crippen LogP contribution >= 0.6 is 0 Å². The second kappa shape index (κ2) is 3.80. The molecule has 84 valence electrons. The van der Waals surface area contributed by atoms with E-state index in [4.69, 9.17) is 4.74 Å². The van der Waals surface area contributed by atoms with Crippen molar-refractivity contribution in [1.29, 1.82) is 0 Å². The van der Waals surface area contributed by atoms with Gasteiger partial charge in [0.1, 0.15) is 0 Å². The highest BCUT2D eigenvalue weighted by molar-refractivity contribution is 5.82. The van der Waals surface area contributed by atoms with Crippen molar-refractivity contribution in [2.45, 2.75) is 19.8 Å². The van der Waals surface area contributed by atoms with Crippen LogP contribution < -0.4 is 9.47 Å². The summed E-state index contributed by atoms with van der Waals surface area (Å²) in [5, 5.41) is 0. The first kappa shape index (κ1) is 10.4. The van der Waals surface area contributed by atoms with Crippen molar-refractivity contribution in [1.82, 2.24) is 4.98 Å². The van der Waals surface area contributed by atoms with Crippen molar-refractivity contribution < 1.29 is 23.8 Å². The first-order valence-corrected chi connectivity index (χ1v) is 4.67. The monoisotopic (exact) mass is 223 g/mol. The Morgan fingerprint density at radius 1 is 1.12 bits per heavy atom. The Balaban J connectivity index is 2.42. The summed E-state index contributed by atoms with van der Waals surface area (Å²) in [6.07, 6.45) is -0.712. The van der Waals surface area contributed by atoms with E-state index >= 15 is 0 Å². The van der Waals surface area contributed by atoms with E-state index in [-0.39, 0.29) is 17.5 Å². The maximum Gasteiger partial charge on any atom is 0.525 e. The quantitative estimate of drug-likeness (QED) is 0.536. The molecule has 0 spiro atoms. The van der Waals surface area contributed by atoms with Crippen molar-refractivity contribution in [2.75, 3.05) is 0 Å². The van der Waals surface area contributed by atoms with Gasteiger partial charge in [0.05, 0.1) is 0 Å². The molecule has 0 N–H and O–H groups in total. The van der Waals surface area contributed by atoms with Gasteiger partial charge in [0, 0.05) is 6.20 Å². The SMILES string of the molecule is CC(C)c1cnc2c(c1)OC(=O)OC(=O)O2. The number of carbonyl (C=O) groups is 2. The van der Waals surface area contributed by atoms with Gasteiger partial charge in [-0.3, -0.25) is 0 Å². The summed E-state index contributed by atoms with van der Waals surface area (Å²) in [4.78, 5) is 25.7. The highest BCUT2D eigenvalue weighted by Crippen LogP contribution is 2.30. The van der Waals surface area contributed by atoms with Gasteiger partial charge in [-0.05, 0) is 17.5 Å². The Morgan fingerprint density at radius 2 is 1.81 bits per heavy atom. The molecule has 1 aromatic rings. The number of rotatable bonds is 1. The van der Waals surface area contributed by atoms with Crippen molar-refractivity contribution in [3.05, 3.63) is 17.8 Å². The third kappa shape index (κ3) is 1.95. The minimum atomic E-state index is -1.14. The van der Waals surface area contributed by atoms with E-state index in [1.165, 1.54) is 0 Å². The lowest BCUT2D eigenvalue weighted by Gasteiger charge is -2.07. The van der Waals surface area contributed by atoms with Gasteiger partial charge >= 0.3 is 12.3 Å². The van der Waals surface area contributed by atoms with Crippen molar-refractivity contribution in [2.24, 2.45) is 0 Å². The highest BCUT2D eigenvalue weighted by Gasteiger charge is 2.25. The lowest BCUT2D eigenvalue weighted by Crippen LogP contribution is -2.14. The summed E-state index contributed by atoms with van der Waals surface area (Å²) < 4.78 is 13.5. The number of aromatic nitrogens is 1. The van der Waals surface area contributed by atoms with Gasteiger partial charge in [-0.1, -0.05) is 13.8 Å². The molecule has 0 amide bonds. The van der Waals surface area contributed by atoms with Crippen LogP contribution in [0.4, 0.5) is 9.59 Å². The molecule has 16 heavy (non-hydrogen) atoms. The standard InChI is InChI=1S/C10H9NO5/c1-5(2)6-3-7-8(11-4-6)15-10(13)16-9(12)14-7/h3-5H,1-2H3. The van der Waals surface area contributed by atoms with E-state index < -0.39 is 12.3 Å². The topological polar surface area (TPSA) is 74.7 Å². The summed E-state index contributed by atoms with van der Waals surface area (Å²) >= 11 is 0. The number of hydrogen-bond acceptors (Lipinski definition) is 6. The average molecular weight is 223 g/mol. The third-order valence-corrected chi connectivity index (χ3v) is 2.05. The van der Waals surface area contributed by atoms with E-state index in [0.29, 0.717) is 0 Å². The van der Waals surface area contributed by atoms with Crippen LogP contribution in [0.3, 0.4) is 0 Å². The molecule has 0 radical (unpaired) electrons. The van der Waals surface area contributed by atoms with E-state index in [1.54, 1.807) is 12.3 Å². The Labute approximate surface area is 91.1 Å². The van der Waals surface area contributed by atoms with Gasteiger partial charge in [0.15, 0.2) is 5.75 Å². The number of fused-ring (bicyclic) bond motifs is 1. The van der Waals surface area contributed by atoms with Crippen LogP contribution in [0.2, 0.25) is 0 Å². The molecular weight excluding hydrogens is 214 g/mol. The Hall–Kier alpha value is -2.11. The zero-order valence-corrected chi connectivity index (χ0v) is 8.72. The van der Waals surface area contributed by atoms with Crippen LogP contribution in [0.15, 0.2) is 12.3 Å². The molecule has 0 aliphatic carbocycles. The zero-order valence-electron chi connectivity index (χ0n) is 8.72. The molecule has 0 unspecified atom stereocenters. The van der Waals surface area contributed by atoms with Crippen LogP contribution in [-0.4, -0.2) is 17.3 Å². The molecule has 6 heteroatoms. The van der Waals surface area contributed by atoms with E-state index in [1.807, 2.05) is 13.8 Å². The molecule has 1 aliphatic heterocycles. The largest absolute Gasteiger partial charge is 0.525 e. The first-order chi connectivity index (χ1) is 7.56. The van der Waals surface area contributed by atoms with Crippen LogP contribution in [-0.2, 0) is 4.74 Å². The second-order valence-electron chi connectivity index (χ2n) is 3.53. The van der Waals surface area contributed by atoms with E-state index in [0.717, 1.165) is 5.56 Å². The molecule has 0 saturated carbocycles. The average Bonchev–Trinajstić information content (AvgIpc) is 2.32. The molecule has 0 fully saturated rings. The predicted molar refractivity (Wildman–Crippen MR) is 51.5 cm³/mol. The molecule has 0 bridgehead atoms. The van der Waals surface area contributed by atoms with Crippen LogP contribution in [0, 0.1) is 0 Å². The van der Waals surface area contributed by atoms with Gasteiger partial charge in [0.25, 0.3) is 5.88 Å². The summed E-state index contributed by atoms with van der Waals surface area (Å²) in [6, 6.07) is 1.59. The van der Waals surface area contributed by atoms with Gasteiger partial charge in [-0.2, -0.15) is 0 Å². The summed E-state index contributed by atoms with van der Waals surface area (Å²) in [7, 11) is 0. The third-order valence-electron chi connectivity index (χ3n) is 2.05. The Bertz CT molecular complexity index is 455. The molecule has 2 rings (SSSR count). The fourth-order valence-corrected chi connectivity index (χ4v) is 1.19. The van der Waals surface area contributed by atoms with Gasteiger partial charge in [-0.15, -0.1) is 0 Å². The van der Waals surface area contributed by atoms with Crippen LogP contribution in [0.5, 0.6) is 11.6 Å². The fourth-order valence-electron chi connectivity index (χ4n) is 1.19. The number of cyclic esters (lactones) is 2. The van der Waals surface area contributed by atoms with Crippen molar-refractivity contribution >= 4 is 12.3 Å². The summed E-state index contributed by atoms with van der Waals surface area (Å²) in [5.41, 5.74) is 0.865. The number of carbonyl (C=O) groups excluding carboxylic acids is 2. The number of nitrogens with zero attached hydrogens (tertiary/aromatic N) is 1. The Morgan fingerprint density at radius 3 is 2.50 bits per heavy atom. The summed E-state index contributed by atoms with van der Waals surface area (Å²) in [5.74, 6) is 0.235. The normalized spacial score (nSPS) is 14.7. The van der Waals surface area contributed by atoms with Crippen molar-refractivity contribution in [3.8, 4) is 11.6 Å². The number of pyridine rings is 1. The highest BCUT2D eigenvalue weighted by atomic mass is 16.8. The minimum Gasteiger partial charge on any atom is -0.389 e. The summed E-state index contributed by atoms with van der Waals surface area (Å²) in [6.45, 7) is 3.93. The van der Waals surface area contributed by atoms with Crippen molar-refractivity contribution in [3.63, 3.8) is 0 Å². The fraction of sp³-hybridized carbons (Fsp3) is 0.300. The van der Waals surface area contributed by atoms with Gasteiger partial charge in [0.2, 0.25) is 0 Å². The molecule has 6 nitrogen and oxygen atoms in total. The molecule has 1 aromatic heterocycles. The smallest absolute Gasteiger partial charge is 0.389 e. The lowest BCUT2D eigenvalue weighted by atomic mass is 10.1. The predicted octanol–water partition coefficient (Wildman–Crippen LogP) is 2.23. The Kier molecular flexibility index (Phi) is 2.47. The second-order valence-corrected chi connectivity index (χ2v) is 3.53. The zero-order chi connectivity index (χ0) is 11.7. The van der Waals surface area contributed by atoms with Gasteiger partial charge < -0.3 is 14.2 Å². The number of ether oxygens (including phenoxy) is 3. The van der Waals surface area contributed by atoms with E-state index in [9.17, 15) is 9.59 Å². The van der Waals surface area contributed by atoms with Crippen LogP contribution in [0.25, 0.3) is 0 Å². The molecule has 0 aromatic carbocycles. The maximum atomic E-state index is 11.0.